The minimum Gasteiger partial charge on any atom is -0.477 e. The number of Topliss-reactive ketones (excluding diaryl/α,β-unsaturated/α-hetero) is 1. The lowest BCUT2D eigenvalue weighted by Gasteiger charge is -2.21. The smallest absolute Gasteiger partial charge is 0.366 e. The number of fused-ring (bicyclic) bond motifs is 1. The number of carbonyl (C=O) groups excluding carboxylic acids is 2. The van der Waals surface area contributed by atoms with Crippen LogP contribution in [-0.4, -0.2) is 32.3 Å². The Hall–Kier alpha value is -2.93. The van der Waals surface area contributed by atoms with Gasteiger partial charge < -0.3 is 25.2 Å². The van der Waals surface area contributed by atoms with Gasteiger partial charge in [0.2, 0.25) is 5.85 Å². The number of amides is 1. The van der Waals surface area contributed by atoms with Crippen LogP contribution in [0, 0.1) is 6.92 Å². The molecule has 0 radical (unpaired) electrons. The number of rotatable bonds is 7. The predicted molar refractivity (Wildman–Crippen MR) is 103 cm³/mol. The highest BCUT2D eigenvalue weighted by Crippen LogP contribution is 2.45. The molecular formula is C19H19N2O6P. The number of hydrogen-bond donors (Lipinski definition) is 4. The summed E-state index contributed by atoms with van der Waals surface area (Å²) < 4.78 is 17.7. The summed E-state index contributed by atoms with van der Waals surface area (Å²) in [5.74, 6) is -3.42. The molecule has 146 valence electrons. The Balaban J connectivity index is 2.07. The molecule has 0 bridgehead atoms. The van der Waals surface area contributed by atoms with Crippen molar-refractivity contribution in [3.63, 3.8) is 0 Å². The van der Waals surface area contributed by atoms with Gasteiger partial charge in [-0.3, -0.25) is 14.2 Å². The molecule has 3 rings (SSSR count). The van der Waals surface area contributed by atoms with Crippen LogP contribution >= 0.6 is 7.60 Å². The quantitative estimate of drug-likeness (QED) is 0.271. The van der Waals surface area contributed by atoms with Gasteiger partial charge in [0.1, 0.15) is 5.75 Å². The molecule has 1 heterocycles. The summed E-state index contributed by atoms with van der Waals surface area (Å²) in [5, 5.41) is 0.260. The van der Waals surface area contributed by atoms with Crippen molar-refractivity contribution in [1.82, 2.24) is 4.98 Å². The molecule has 0 aliphatic heterocycles. The first-order valence-corrected chi connectivity index (χ1v) is 10.1. The average molecular weight is 402 g/mol. The number of benzene rings is 2. The van der Waals surface area contributed by atoms with E-state index in [1.54, 1.807) is 49.4 Å². The highest BCUT2D eigenvalue weighted by molar-refractivity contribution is 7.52. The Morgan fingerprint density at radius 3 is 2.43 bits per heavy atom. The molecule has 0 fully saturated rings. The van der Waals surface area contributed by atoms with Crippen LogP contribution in [0.3, 0.4) is 0 Å². The summed E-state index contributed by atoms with van der Waals surface area (Å²) in [6.07, 6.45) is -0.0377. The van der Waals surface area contributed by atoms with E-state index in [0.29, 0.717) is 16.8 Å². The molecule has 0 aliphatic rings. The van der Waals surface area contributed by atoms with E-state index in [1.807, 2.05) is 0 Å². The molecule has 1 atom stereocenters. The Kier molecular flexibility index (Phi) is 5.38. The molecule has 0 aliphatic carbocycles. The third-order valence-corrected chi connectivity index (χ3v) is 5.35. The van der Waals surface area contributed by atoms with Crippen LogP contribution in [-0.2, 0) is 15.8 Å². The fourth-order valence-corrected chi connectivity index (χ4v) is 3.74. The van der Waals surface area contributed by atoms with Crippen LogP contribution in [0.1, 0.15) is 21.6 Å². The van der Waals surface area contributed by atoms with Gasteiger partial charge in [0.05, 0.1) is 16.5 Å². The second-order valence-electron chi connectivity index (χ2n) is 6.35. The number of H-pyrrole nitrogens is 1. The first-order chi connectivity index (χ1) is 13.2. The molecule has 28 heavy (non-hydrogen) atoms. The van der Waals surface area contributed by atoms with Crippen LogP contribution in [0.5, 0.6) is 5.75 Å². The number of nitrogens with one attached hydrogen (secondary N) is 1. The van der Waals surface area contributed by atoms with E-state index in [2.05, 4.69) is 4.98 Å². The largest absolute Gasteiger partial charge is 0.477 e. The minimum atomic E-state index is -4.64. The first kappa shape index (κ1) is 19.8. The third kappa shape index (κ3) is 3.99. The zero-order valence-electron chi connectivity index (χ0n) is 15.0. The minimum absolute atomic E-state index is 0.0299. The highest BCUT2D eigenvalue weighted by Gasteiger charge is 2.32. The average Bonchev–Trinajstić information content (AvgIpc) is 2.97. The van der Waals surface area contributed by atoms with Crippen LogP contribution in [0.15, 0.2) is 48.5 Å². The van der Waals surface area contributed by atoms with Crippen molar-refractivity contribution in [3.8, 4) is 5.75 Å². The van der Waals surface area contributed by atoms with Gasteiger partial charge in [0.25, 0.3) is 11.7 Å². The van der Waals surface area contributed by atoms with E-state index < -0.39 is 25.1 Å². The fourth-order valence-electron chi connectivity index (χ4n) is 3.04. The normalized spacial score (nSPS) is 12.7. The van der Waals surface area contributed by atoms with E-state index in [1.165, 1.54) is 6.07 Å². The monoisotopic (exact) mass is 402 g/mol. The number of nitrogens with two attached hydrogens (primary N) is 1. The van der Waals surface area contributed by atoms with Crippen molar-refractivity contribution >= 4 is 30.2 Å². The molecule has 0 saturated carbocycles. The van der Waals surface area contributed by atoms with E-state index in [9.17, 15) is 23.9 Å². The van der Waals surface area contributed by atoms with Crippen molar-refractivity contribution in [2.45, 2.75) is 19.2 Å². The second kappa shape index (κ2) is 7.59. The maximum atomic E-state index is 12.3. The van der Waals surface area contributed by atoms with Crippen molar-refractivity contribution < 1.29 is 28.7 Å². The molecule has 1 unspecified atom stereocenters. The standard InChI is InChI=1S/C19H19N2O6P/c1-11-16(18(22)19(20)23)17-13(21-11)8-5-9-14(17)27-15(28(24,25)26)10-12-6-3-2-4-7-12/h2-9,15,21H,10H2,1H3,(H2,20,23)(H2,24,25,26). The van der Waals surface area contributed by atoms with Crippen LogP contribution in [0.2, 0.25) is 0 Å². The number of ether oxygens (including phenoxy) is 1. The predicted octanol–water partition coefficient (Wildman–Crippen LogP) is 2.27. The summed E-state index contributed by atoms with van der Waals surface area (Å²) in [6, 6.07) is 13.5. The van der Waals surface area contributed by atoms with E-state index in [0.717, 1.165) is 0 Å². The number of aromatic amines is 1. The van der Waals surface area contributed by atoms with Gasteiger partial charge in [-0.05, 0) is 24.6 Å². The Morgan fingerprint density at radius 2 is 1.82 bits per heavy atom. The van der Waals surface area contributed by atoms with Crippen LogP contribution < -0.4 is 10.5 Å². The molecule has 8 nitrogen and oxygen atoms in total. The van der Waals surface area contributed by atoms with Crippen molar-refractivity contribution in [1.29, 1.82) is 0 Å². The van der Waals surface area contributed by atoms with Gasteiger partial charge in [-0.2, -0.15) is 0 Å². The van der Waals surface area contributed by atoms with E-state index in [-0.39, 0.29) is 23.1 Å². The Morgan fingerprint density at radius 1 is 1.14 bits per heavy atom. The Labute approximate surface area is 160 Å². The molecule has 0 saturated heterocycles. The summed E-state index contributed by atoms with van der Waals surface area (Å²) in [7, 11) is -4.64. The molecule has 5 N–H and O–H groups in total. The molecule has 9 heteroatoms. The molecule has 1 aromatic heterocycles. The van der Waals surface area contributed by atoms with Crippen LogP contribution in [0.25, 0.3) is 10.9 Å². The fraction of sp³-hybridized carbons (Fsp3) is 0.158. The zero-order valence-corrected chi connectivity index (χ0v) is 15.8. The number of hydrogen-bond acceptors (Lipinski definition) is 4. The molecule has 1 amide bonds. The van der Waals surface area contributed by atoms with E-state index in [4.69, 9.17) is 10.5 Å². The molecular weight excluding hydrogens is 383 g/mol. The zero-order chi connectivity index (χ0) is 20.5. The van der Waals surface area contributed by atoms with Gasteiger partial charge in [-0.1, -0.05) is 36.4 Å². The van der Waals surface area contributed by atoms with Crippen molar-refractivity contribution in [2.24, 2.45) is 5.73 Å². The highest BCUT2D eigenvalue weighted by atomic mass is 31.2. The lowest BCUT2D eigenvalue weighted by Crippen LogP contribution is -2.24. The third-order valence-electron chi connectivity index (χ3n) is 4.32. The molecule has 0 spiro atoms. The number of carbonyl (C=O) groups is 2. The lowest BCUT2D eigenvalue weighted by molar-refractivity contribution is -0.114. The topological polar surface area (TPSA) is 143 Å². The van der Waals surface area contributed by atoms with Crippen LogP contribution in [0.4, 0.5) is 0 Å². The van der Waals surface area contributed by atoms with Crippen molar-refractivity contribution in [3.05, 3.63) is 65.4 Å². The summed E-state index contributed by atoms with van der Waals surface area (Å²) in [4.78, 5) is 46.2. The summed E-state index contributed by atoms with van der Waals surface area (Å²) in [5.41, 5.74) is 6.75. The Bertz CT molecular complexity index is 1090. The van der Waals surface area contributed by atoms with Gasteiger partial charge >= 0.3 is 7.60 Å². The number of ketones is 1. The maximum absolute atomic E-state index is 12.3. The molecule has 2 aromatic carbocycles. The number of aryl methyl sites for hydroxylation is 1. The van der Waals surface area contributed by atoms with Gasteiger partial charge in [0.15, 0.2) is 0 Å². The maximum Gasteiger partial charge on any atom is 0.366 e. The summed E-state index contributed by atoms with van der Waals surface area (Å²) in [6.45, 7) is 1.60. The van der Waals surface area contributed by atoms with Gasteiger partial charge in [-0.15, -0.1) is 0 Å². The molecule has 3 aromatic rings. The summed E-state index contributed by atoms with van der Waals surface area (Å²) >= 11 is 0. The number of primary amides is 1. The lowest BCUT2D eigenvalue weighted by atomic mass is 10.1. The van der Waals surface area contributed by atoms with Gasteiger partial charge in [0, 0.05) is 12.1 Å². The second-order valence-corrected chi connectivity index (χ2v) is 8.10. The first-order valence-electron chi connectivity index (χ1n) is 8.39. The van der Waals surface area contributed by atoms with Gasteiger partial charge in [-0.25, -0.2) is 0 Å². The number of aromatic nitrogens is 1. The SMILES string of the molecule is Cc1[nH]c2cccc(OC(Cc3ccccc3)P(=O)(O)O)c2c1C(=O)C(N)=O. The van der Waals surface area contributed by atoms with Crippen molar-refractivity contribution in [2.75, 3.05) is 0 Å². The van der Waals surface area contributed by atoms with E-state index >= 15 is 0 Å².